The van der Waals surface area contributed by atoms with Gasteiger partial charge in [-0.2, -0.15) is 0 Å². The zero-order valence-electron chi connectivity index (χ0n) is 19.7. The van der Waals surface area contributed by atoms with E-state index in [9.17, 15) is 9.46 Å². The molecule has 6 heteroatoms. The molecule has 0 bridgehead atoms. The molecular weight excluding hydrogens is 521 g/mol. The van der Waals surface area contributed by atoms with E-state index in [1.165, 1.54) is 103 Å². The van der Waals surface area contributed by atoms with E-state index >= 15 is 0 Å². The van der Waals surface area contributed by atoms with Gasteiger partial charge in [-0.15, -0.1) is 0 Å². The first-order valence-corrected chi connectivity index (χ1v) is 14.2. The Kier molecular flexibility index (Phi) is 30.4. The van der Waals surface area contributed by atoms with Crippen molar-refractivity contribution in [1.82, 2.24) is 0 Å². The monoisotopic (exact) mass is 574 g/mol. The van der Waals surface area contributed by atoms with Crippen molar-refractivity contribution in [1.29, 1.82) is 0 Å². The van der Waals surface area contributed by atoms with Crippen molar-refractivity contribution in [3.8, 4) is 0 Å². The molecule has 0 saturated heterocycles. The molecule has 0 atom stereocenters. The maximum atomic E-state index is 11.8. The van der Waals surface area contributed by atoms with Gasteiger partial charge in [0, 0.05) is 0 Å². The second kappa shape index (κ2) is 26.9. The molecule has 180 valence electrons. The number of phosphoric acid groups is 1. The van der Waals surface area contributed by atoms with E-state index in [1.807, 2.05) is 0 Å². The average molecular weight is 574 g/mol. The molecule has 0 heterocycles. The summed E-state index contributed by atoms with van der Waals surface area (Å²) in [5.41, 5.74) is 0. The van der Waals surface area contributed by atoms with Gasteiger partial charge in [-0.05, 0) is 12.8 Å². The molecule has 0 aromatic heterocycles. The van der Waals surface area contributed by atoms with Gasteiger partial charge in [-0.1, -0.05) is 129 Å². The third-order valence-electron chi connectivity index (χ3n) is 5.50. The SMILES string of the molecule is CCCCCCCCCCCCOP(=O)(O)OCCCCCCCCCCCC.[BaH2]. The molecule has 0 aromatic rings. The quantitative estimate of drug-likeness (QED) is 0.0721. The summed E-state index contributed by atoms with van der Waals surface area (Å²) in [7, 11) is -3.85. The molecule has 0 aromatic carbocycles. The van der Waals surface area contributed by atoms with Gasteiger partial charge < -0.3 is 4.89 Å². The van der Waals surface area contributed by atoms with Gasteiger partial charge in [0.1, 0.15) is 0 Å². The summed E-state index contributed by atoms with van der Waals surface area (Å²) in [6.45, 7) is 5.14. The van der Waals surface area contributed by atoms with Crippen LogP contribution in [0.25, 0.3) is 0 Å². The molecule has 4 nitrogen and oxygen atoms in total. The molecule has 0 unspecified atom stereocenters. The van der Waals surface area contributed by atoms with Crippen LogP contribution in [-0.4, -0.2) is 67.0 Å². The van der Waals surface area contributed by atoms with Crippen LogP contribution in [0.5, 0.6) is 0 Å². The zero-order chi connectivity index (χ0) is 21.5. The number of unbranched alkanes of at least 4 members (excludes halogenated alkanes) is 18. The average Bonchev–Trinajstić information content (AvgIpc) is 2.70. The Balaban J connectivity index is 0. The van der Waals surface area contributed by atoms with Gasteiger partial charge in [-0.25, -0.2) is 4.57 Å². The third kappa shape index (κ3) is 27.7. The van der Waals surface area contributed by atoms with E-state index in [0.717, 1.165) is 25.7 Å². The molecule has 0 spiro atoms. The van der Waals surface area contributed by atoms with Gasteiger partial charge in [0.2, 0.25) is 0 Å². The molecule has 0 saturated carbocycles. The molecule has 0 aliphatic carbocycles. The third-order valence-corrected chi connectivity index (χ3v) is 6.52. The Labute approximate surface area is 228 Å². The fourth-order valence-electron chi connectivity index (χ4n) is 3.58. The second-order valence-corrected chi connectivity index (χ2v) is 9.95. The van der Waals surface area contributed by atoms with E-state index < -0.39 is 7.82 Å². The first-order chi connectivity index (χ1) is 14.1. The Morgan fingerprint density at radius 2 is 0.733 bits per heavy atom. The van der Waals surface area contributed by atoms with Crippen LogP contribution in [-0.2, 0) is 13.6 Å². The fraction of sp³-hybridized carbons (Fsp3) is 1.00. The number of hydrogen-bond acceptors (Lipinski definition) is 3. The predicted molar refractivity (Wildman–Crippen MR) is 134 cm³/mol. The summed E-state index contributed by atoms with van der Waals surface area (Å²) in [6, 6.07) is 0. The van der Waals surface area contributed by atoms with Gasteiger partial charge in [0.15, 0.2) is 0 Å². The molecule has 0 aliphatic rings. The van der Waals surface area contributed by atoms with Crippen molar-refractivity contribution in [2.24, 2.45) is 0 Å². The summed E-state index contributed by atoms with van der Waals surface area (Å²) < 4.78 is 22.0. The van der Waals surface area contributed by atoms with E-state index in [-0.39, 0.29) is 48.9 Å². The molecular formula is C24H53BaO4P. The van der Waals surface area contributed by atoms with Gasteiger partial charge >= 0.3 is 56.7 Å². The molecule has 0 rings (SSSR count). The molecule has 1 N–H and O–H groups in total. The van der Waals surface area contributed by atoms with Crippen molar-refractivity contribution in [3.05, 3.63) is 0 Å². The fourth-order valence-corrected chi connectivity index (χ4v) is 4.37. The molecule has 0 amide bonds. The van der Waals surface area contributed by atoms with Crippen LogP contribution in [0, 0.1) is 0 Å². The molecule has 0 fully saturated rings. The Morgan fingerprint density at radius 3 is 1.00 bits per heavy atom. The van der Waals surface area contributed by atoms with Crippen LogP contribution in [0.4, 0.5) is 0 Å². The molecule has 0 aliphatic heterocycles. The minimum atomic E-state index is -3.85. The summed E-state index contributed by atoms with van der Waals surface area (Å²) in [5, 5.41) is 0. The first-order valence-electron chi connectivity index (χ1n) is 12.7. The van der Waals surface area contributed by atoms with E-state index in [2.05, 4.69) is 13.8 Å². The molecule has 30 heavy (non-hydrogen) atoms. The summed E-state index contributed by atoms with van der Waals surface area (Å²) in [6.07, 6.45) is 24.8. The van der Waals surface area contributed by atoms with Crippen molar-refractivity contribution < 1.29 is 18.5 Å². The standard InChI is InChI=1S/C24H51O4P.Ba.2H/c1-3-5-7-9-11-13-15-17-19-21-23-27-29(25,26)28-24-22-20-18-16-14-12-10-8-6-4-2;;;/h3-24H2,1-2H3,(H,25,26);;;. The van der Waals surface area contributed by atoms with Gasteiger partial charge in [0.25, 0.3) is 0 Å². The summed E-state index contributed by atoms with van der Waals surface area (Å²) in [5.74, 6) is 0. The summed E-state index contributed by atoms with van der Waals surface area (Å²) in [4.78, 5) is 9.71. The van der Waals surface area contributed by atoms with E-state index in [0.29, 0.717) is 13.2 Å². The van der Waals surface area contributed by atoms with Crippen LogP contribution in [0.2, 0.25) is 0 Å². The Bertz CT molecular complexity index is 339. The van der Waals surface area contributed by atoms with Gasteiger partial charge in [-0.3, -0.25) is 9.05 Å². The van der Waals surface area contributed by atoms with Crippen LogP contribution >= 0.6 is 7.82 Å². The van der Waals surface area contributed by atoms with Gasteiger partial charge in [0.05, 0.1) is 13.2 Å². The Hall–Kier alpha value is 1.68. The van der Waals surface area contributed by atoms with Crippen molar-refractivity contribution in [2.75, 3.05) is 13.2 Å². The first kappa shape index (κ1) is 33.9. The van der Waals surface area contributed by atoms with Crippen molar-refractivity contribution >= 4 is 56.7 Å². The normalized spacial score (nSPS) is 11.6. The van der Waals surface area contributed by atoms with Crippen molar-refractivity contribution in [2.45, 2.75) is 142 Å². The zero-order valence-corrected chi connectivity index (χ0v) is 20.6. The second-order valence-electron chi connectivity index (χ2n) is 8.50. The van der Waals surface area contributed by atoms with E-state index in [1.54, 1.807) is 0 Å². The van der Waals surface area contributed by atoms with Crippen molar-refractivity contribution in [3.63, 3.8) is 0 Å². The predicted octanol–water partition coefficient (Wildman–Crippen LogP) is 8.05. The van der Waals surface area contributed by atoms with Crippen LogP contribution in [0.3, 0.4) is 0 Å². The Morgan fingerprint density at radius 1 is 0.500 bits per heavy atom. The van der Waals surface area contributed by atoms with Crippen LogP contribution in [0.15, 0.2) is 0 Å². The molecule has 0 radical (unpaired) electrons. The minimum absolute atomic E-state index is 0. The maximum absolute atomic E-state index is 11.8. The topological polar surface area (TPSA) is 55.8 Å². The van der Waals surface area contributed by atoms with Crippen LogP contribution < -0.4 is 0 Å². The number of rotatable bonds is 24. The van der Waals surface area contributed by atoms with E-state index in [4.69, 9.17) is 9.05 Å². The number of hydrogen-bond donors (Lipinski definition) is 1. The summed E-state index contributed by atoms with van der Waals surface area (Å²) >= 11 is 0. The van der Waals surface area contributed by atoms with Crippen LogP contribution in [0.1, 0.15) is 142 Å². The number of phosphoric ester groups is 1.